The van der Waals surface area contributed by atoms with Crippen molar-refractivity contribution >= 4 is 40.6 Å². The highest BCUT2D eigenvalue weighted by molar-refractivity contribution is 7.80. The summed E-state index contributed by atoms with van der Waals surface area (Å²) in [4.78, 5) is 23.0. The molecule has 2 heterocycles. The number of carbonyl (C=O) groups excluding carboxylic acids is 1. The van der Waals surface area contributed by atoms with Gasteiger partial charge in [-0.2, -0.15) is 0 Å². The van der Waals surface area contributed by atoms with Crippen LogP contribution in [0.15, 0.2) is 46.0 Å². The van der Waals surface area contributed by atoms with Gasteiger partial charge < -0.3 is 19.8 Å². The van der Waals surface area contributed by atoms with Gasteiger partial charge in [0.25, 0.3) is 5.69 Å². The molecule has 1 atom stereocenters. The van der Waals surface area contributed by atoms with Crippen molar-refractivity contribution in [2.45, 2.75) is 13.0 Å². The summed E-state index contributed by atoms with van der Waals surface area (Å²) in [5.41, 5.74) is 0.924. The molecule has 0 saturated heterocycles. The summed E-state index contributed by atoms with van der Waals surface area (Å²) in [6, 6.07) is 6.81. The molecule has 0 saturated carbocycles. The topological polar surface area (TPSA) is 107 Å². The third-order valence-electron chi connectivity index (χ3n) is 4.01. The van der Waals surface area contributed by atoms with Gasteiger partial charge in [0.1, 0.15) is 17.6 Å². The van der Waals surface area contributed by atoms with E-state index in [1.807, 2.05) is 0 Å². The molecule has 1 aromatic carbocycles. The molecule has 0 fully saturated rings. The van der Waals surface area contributed by atoms with Crippen LogP contribution < -0.4 is 10.6 Å². The second kappa shape index (κ2) is 7.37. The summed E-state index contributed by atoms with van der Waals surface area (Å²) >= 11 is 11.0. The molecule has 1 aliphatic rings. The van der Waals surface area contributed by atoms with Crippen molar-refractivity contribution in [3.05, 3.63) is 62.5 Å². The van der Waals surface area contributed by atoms with Crippen LogP contribution >= 0.6 is 23.8 Å². The van der Waals surface area contributed by atoms with Crippen molar-refractivity contribution in [1.82, 2.24) is 10.6 Å². The molecule has 3 rings (SSSR count). The second-order valence-corrected chi connectivity index (χ2v) is 6.53. The van der Waals surface area contributed by atoms with Gasteiger partial charge in [-0.3, -0.25) is 10.1 Å². The zero-order valence-electron chi connectivity index (χ0n) is 14.2. The zero-order chi connectivity index (χ0) is 19.7. The number of nitro groups is 1. The Morgan fingerprint density at radius 2 is 2.11 bits per heavy atom. The standard InChI is InChI=1S/C17H14ClN3O5S/c1-8-14(16(22)25-2)15(20-17(27)19-8)13-6-5-12(26-13)10-4-3-9(18)7-11(10)21(23)24/h3-7,15H,1-2H3,(H2,19,20,27). The number of carbonyl (C=O) groups is 1. The summed E-state index contributed by atoms with van der Waals surface area (Å²) in [5.74, 6) is 0.0785. The van der Waals surface area contributed by atoms with E-state index in [0.717, 1.165) is 0 Å². The zero-order valence-corrected chi connectivity index (χ0v) is 15.8. The number of hydrogen-bond acceptors (Lipinski definition) is 6. The van der Waals surface area contributed by atoms with E-state index < -0.39 is 16.9 Å². The minimum absolute atomic E-state index is 0.183. The fourth-order valence-electron chi connectivity index (χ4n) is 2.80. The van der Waals surface area contributed by atoms with E-state index in [-0.39, 0.29) is 22.0 Å². The minimum Gasteiger partial charge on any atom is -0.466 e. The minimum atomic E-state index is -0.689. The van der Waals surface area contributed by atoms with Crippen molar-refractivity contribution in [1.29, 1.82) is 0 Å². The summed E-state index contributed by atoms with van der Waals surface area (Å²) < 4.78 is 10.7. The number of allylic oxidation sites excluding steroid dienone is 1. The molecule has 0 radical (unpaired) electrons. The van der Waals surface area contributed by atoms with E-state index in [2.05, 4.69) is 10.6 Å². The van der Waals surface area contributed by atoms with Gasteiger partial charge in [-0.15, -0.1) is 0 Å². The number of esters is 1. The average Bonchev–Trinajstić information content (AvgIpc) is 3.10. The Morgan fingerprint density at radius 1 is 1.37 bits per heavy atom. The van der Waals surface area contributed by atoms with E-state index in [0.29, 0.717) is 22.1 Å². The highest BCUT2D eigenvalue weighted by Gasteiger charge is 2.33. The molecule has 8 nitrogen and oxygen atoms in total. The van der Waals surface area contributed by atoms with Crippen LogP contribution in [-0.2, 0) is 9.53 Å². The molecule has 1 aromatic heterocycles. The maximum Gasteiger partial charge on any atom is 0.338 e. The molecule has 2 N–H and O–H groups in total. The number of thiocarbonyl (C=S) groups is 1. The largest absolute Gasteiger partial charge is 0.466 e. The molecule has 1 aliphatic heterocycles. The fraction of sp³-hybridized carbons (Fsp3) is 0.176. The van der Waals surface area contributed by atoms with Gasteiger partial charge >= 0.3 is 5.97 Å². The van der Waals surface area contributed by atoms with E-state index in [1.54, 1.807) is 19.1 Å². The molecule has 27 heavy (non-hydrogen) atoms. The fourth-order valence-corrected chi connectivity index (χ4v) is 3.24. The Bertz CT molecular complexity index is 985. The lowest BCUT2D eigenvalue weighted by molar-refractivity contribution is -0.384. The second-order valence-electron chi connectivity index (χ2n) is 5.68. The molecule has 0 aliphatic carbocycles. The van der Waals surface area contributed by atoms with E-state index >= 15 is 0 Å². The van der Waals surface area contributed by atoms with Gasteiger partial charge in [0, 0.05) is 16.8 Å². The summed E-state index contributed by atoms with van der Waals surface area (Å²) in [6.07, 6.45) is 0. The van der Waals surface area contributed by atoms with Gasteiger partial charge in [0.05, 0.1) is 23.2 Å². The van der Waals surface area contributed by atoms with Crippen molar-refractivity contribution in [2.75, 3.05) is 7.11 Å². The number of methoxy groups -OCH3 is 1. The third-order valence-corrected chi connectivity index (χ3v) is 4.46. The number of rotatable bonds is 4. The Hall–Kier alpha value is -2.91. The number of nitrogens with zero attached hydrogens (tertiary/aromatic N) is 1. The number of halogens is 1. The van der Waals surface area contributed by atoms with Crippen LogP contribution in [0.4, 0.5) is 5.69 Å². The highest BCUT2D eigenvalue weighted by Crippen LogP contribution is 2.36. The van der Waals surface area contributed by atoms with E-state index in [9.17, 15) is 14.9 Å². The maximum atomic E-state index is 12.2. The molecule has 140 valence electrons. The highest BCUT2D eigenvalue weighted by atomic mass is 35.5. The molecule has 0 amide bonds. The molecule has 1 unspecified atom stereocenters. The first-order valence-electron chi connectivity index (χ1n) is 7.72. The van der Waals surface area contributed by atoms with Gasteiger partial charge in [0.2, 0.25) is 0 Å². The number of hydrogen-bond donors (Lipinski definition) is 2. The van der Waals surface area contributed by atoms with Crippen LogP contribution in [-0.4, -0.2) is 23.1 Å². The summed E-state index contributed by atoms with van der Waals surface area (Å²) in [5, 5.41) is 17.7. The van der Waals surface area contributed by atoms with Crippen molar-refractivity contribution in [3.8, 4) is 11.3 Å². The van der Waals surface area contributed by atoms with Gasteiger partial charge in [0.15, 0.2) is 5.11 Å². The average molecular weight is 408 g/mol. The molecule has 0 bridgehead atoms. The predicted molar refractivity (Wildman–Crippen MR) is 102 cm³/mol. The smallest absolute Gasteiger partial charge is 0.338 e. The summed E-state index contributed by atoms with van der Waals surface area (Å²) in [6.45, 7) is 1.69. The van der Waals surface area contributed by atoms with Crippen LogP contribution in [0.25, 0.3) is 11.3 Å². The van der Waals surface area contributed by atoms with Crippen LogP contribution in [0, 0.1) is 10.1 Å². The number of benzene rings is 1. The summed E-state index contributed by atoms with van der Waals surface area (Å²) in [7, 11) is 1.28. The van der Waals surface area contributed by atoms with Crippen molar-refractivity contribution in [3.63, 3.8) is 0 Å². The van der Waals surface area contributed by atoms with Crippen LogP contribution in [0.1, 0.15) is 18.7 Å². The van der Waals surface area contributed by atoms with Crippen molar-refractivity contribution < 1.29 is 18.9 Å². The first kappa shape index (κ1) is 18.9. The van der Waals surface area contributed by atoms with Gasteiger partial charge in [-0.1, -0.05) is 11.6 Å². The SMILES string of the molecule is COC(=O)C1=C(C)NC(=S)NC1c1ccc(-c2ccc(Cl)cc2[N+](=O)[O-])o1. The predicted octanol–water partition coefficient (Wildman–Crippen LogP) is 3.47. The Kier molecular flexibility index (Phi) is 5.15. The number of nitrogens with one attached hydrogen (secondary N) is 2. The molecule has 10 heteroatoms. The quantitative estimate of drug-likeness (QED) is 0.343. The molecule has 0 spiro atoms. The Balaban J connectivity index is 2.05. The lowest BCUT2D eigenvalue weighted by Crippen LogP contribution is -2.44. The monoisotopic (exact) mass is 407 g/mol. The number of furan rings is 1. The van der Waals surface area contributed by atoms with Gasteiger partial charge in [-0.25, -0.2) is 4.79 Å². The number of ether oxygens (including phenoxy) is 1. The molecular formula is C17H14ClN3O5S. The van der Waals surface area contributed by atoms with Crippen LogP contribution in [0.5, 0.6) is 0 Å². The Labute approximate surface area is 164 Å². The van der Waals surface area contributed by atoms with Crippen molar-refractivity contribution in [2.24, 2.45) is 0 Å². The normalized spacial score (nSPS) is 16.6. The lowest BCUT2D eigenvalue weighted by atomic mass is 10.0. The van der Waals surface area contributed by atoms with E-state index in [4.69, 9.17) is 33.0 Å². The molecule has 2 aromatic rings. The Morgan fingerprint density at radius 3 is 2.78 bits per heavy atom. The lowest BCUT2D eigenvalue weighted by Gasteiger charge is -2.27. The number of nitro benzene ring substituents is 1. The maximum absolute atomic E-state index is 12.2. The van der Waals surface area contributed by atoms with E-state index in [1.165, 1.54) is 25.3 Å². The molecular weight excluding hydrogens is 394 g/mol. The van der Waals surface area contributed by atoms with Crippen LogP contribution in [0.3, 0.4) is 0 Å². The van der Waals surface area contributed by atoms with Gasteiger partial charge in [-0.05, 0) is 43.4 Å². The first-order valence-corrected chi connectivity index (χ1v) is 8.51. The van der Waals surface area contributed by atoms with Crippen LogP contribution in [0.2, 0.25) is 5.02 Å². The third kappa shape index (κ3) is 3.64. The first-order chi connectivity index (χ1) is 12.8.